The molecule has 0 N–H and O–H groups in total. The van der Waals surface area contributed by atoms with Crippen LogP contribution in [0.1, 0.15) is 11.1 Å². The first kappa shape index (κ1) is 9.17. The van der Waals surface area contributed by atoms with Crippen molar-refractivity contribution in [3.05, 3.63) is 22.2 Å². The number of nitrogens with zero attached hydrogens (tertiary/aromatic N) is 1. The van der Waals surface area contributed by atoms with Gasteiger partial charge in [-0.05, 0) is 12.5 Å². The summed E-state index contributed by atoms with van der Waals surface area (Å²) in [5.41, 5.74) is 1.20. The lowest BCUT2D eigenvalue weighted by Crippen LogP contribution is -2.16. The molecular weight excluding hydrogens is 202 g/mol. The third kappa shape index (κ3) is 1.28. The fourth-order valence-electron chi connectivity index (χ4n) is 1.38. The monoisotopic (exact) mass is 209 g/mol. The smallest absolute Gasteiger partial charge is 0.179 e. The van der Waals surface area contributed by atoms with Gasteiger partial charge in [0.05, 0.1) is 0 Å². The molecular formula is C10H8ClNO2. The predicted molar refractivity (Wildman–Crippen MR) is 51.9 cm³/mol. The molecule has 0 fully saturated rings. The van der Waals surface area contributed by atoms with Gasteiger partial charge in [-0.15, -0.1) is 0 Å². The first-order valence-corrected chi connectivity index (χ1v) is 4.60. The van der Waals surface area contributed by atoms with Crippen LogP contribution in [0.5, 0.6) is 11.5 Å². The van der Waals surface area contributed by atoms with Crippen molar-refractivity contribution in [1.82, 2.24) is 0 Å². The molecule has 1 aliphatic rings. The molecule has 1 aromatic rings. The largest absolute Gasteiger partial charge is 0.486 e. The summed E-state index contributed by atoms with van der Waals surface area (Å²) < 4.78 is 10.7. The van der Waals surface area contributed by atoms with Crippen molar-refractivity contribution in [2.75, 3.05) is 13.2 Å². The van der Waals surface area contributed by atoms with Gasteiger partial charge in [0.2, 0.25) is 0 Å². The lowest BCUT2D eigenvalue weighted by Gasteiger charge is -2.20. The molecule has 4 heteroatoms. The van der Waals surface area contributed by atoms with E-state index in [1.54, 1.807) is 13.0 Å². The van der Waals surface area contributed by atoms with Crippen molar-refractivity contribution >= 4 is 11.6 Å². The van der Waals surface area contributed by atoms with E-state index in [0.717, 1.165) is 5.56 Å². The average molecular weight is 210 g/mol. The third-order valence-corrected chi connectivity index (χ3v) is 2.53. The Morgan fingerprint density at radius 1 is 1.43 bits per heavy atom. The van der Waals surface area contributed by atoms with Crippen LogP contribution in [-0.4, -0.2) is 13.2 Å². The van der Waals surface area contributed by atoms with Gasteiger partial charge in [-0.3, -0.25) is 0 Å². The van der Waals surface area contributed by atoms with E-state index in [4.69, 9.17) is 26.3 Å². The molecule has 0 amide bonds. The second kappa shape index (κ2) is 3.39. The third-order valence-electron chi connectivity index (χ3n) is 2.14. The van der Waals surface area contributed by atoms with Crippen LogP contribution in [0.25, 0.3) is 0 Å². The fraction of sp³-hybridized carbons (Fsp3) is 0.300. The van der Waals surface area contributed by atoms with Crippen LogP contribution < -0.4 is 9.47 Å². The molecule has 0 bridgehead atoms. The molecule has 3 nitrogen and oxygen atoms in total. The first-order chi connectivity index (χ1) is 6.74. The summed E-state index contributed by atoms with van der Waals surface area (Å²) in [6, 6.07) is 3.76. The maximum Gasteiger partial charge on any atom is 0.179 e. The molecule has 0 atom stereocenters. The molecule has 2 rings (SSSR count). The van der Waals surface area contributed by atoms with Crippen molar-refractivity contribution in [3.8, 4) is 17.6 Å². The van der Waals surface area contributed by atoms with Crippen LogP contribution >= 0.6 is 11.6 Å². The number of nitriles is 1. The number of hydrogen-bond donors (Lipinski definition) is 0. The number of rotatable bonds is 0. The summed E-state index contributed by atoms with van der Waals surface area (Å²) in [5.74, 6) is 1.07. The van der Waals surface area contributed by atoms with E-state index in [0.29, 0.717) is 35.3 Å². The highest BCUT2D eigenvalue weighted by Crippen LogP contribution is 2.39. The highest BCUT2D eigenvalue weighted by molar-refractivity contribution is 6.31. The molecule has 0 saturated heterocycles. The Bertz CT molecular complexity index is 423. The molecule has 0 radical (unpaired) electrons. The minimum Gasteiger partial charge on any atom is -0.486 e. The summed E-state index contributed by atoms with van der Waals surface area (Å²) in [5, 5.41) is 9.49. The predicted octanol–water partition coefficient (Wildman–Crippen LogP) is 2.29. The molecule has 14 heavy (non-hydrogen) atoms. The fourth-order valence-corrected chi connectivity index (χ4v) is 1.58. The maximum absolute atomic E-state index is 8.95. The molecule has 72 valence electrons. The number of benzene rings is 1. The van der Waals surface area contributed by atoms with Crippen LogP contribution in [-0.2, 0) is 0 Å². The Hall–Kier alpha value is -1.40. The van der Waals surface area contributed by atoms with Gasteiger partial charge in [-0.25, -0.2) is 0 Å². The van der Waals surface area contributed by atoms with Crippen LogP contribution in [0.3, 0.4) is 0 Å². The minimum atomic E-state index is 0.465. The number of halogens is 1. The van der Waals surface area contributed by atoms with E-state index in [2.05, 4.69) is 6.07 Å². The van der Waals surface area contributed by atoms with Crippen molar-refractivity contribution in [2.24, 2.45) is 0 Å². The quantitative estimate of drug-likeness (QED) is 0.659. The zero-order chi connectivity index (χ0) is 10.1. The van der Waals surface area contributed by atoms with E-state index in [1.807, 2.05) is 0 Å². The average Bonchev–Trinajstić information content (AvgIpc) is 2.20. The second-order valence-corrected chi connectivity index (χ2v) is 3.40. The molecule has 1 heterocycles. The topological polar surface area (TPSA) is 42.2 Å². The SMILES string of the molecule is Cc1c(Cl)cc2c(c1C#N)OCCO2. The van der Waals surface area contributed by atoms with Gasteiger partial charge in [-0.1, -0.05) is 11.6 Å². The summed E-state index contributed by atoms with van der Waals surface area (Å²) in [7, 11) is 0. The highest BCUT2D eigenvalue weighted by atomic mass is 35.5. The van der Waals surface area contributed by atoms with Gasteiger partial charge in [0.15, 0.2) is 11.5 Å². The Labute approximate surface area is 86.8 Å². The highest BCUT2D eigenvalue weighted by Gasteiger charge is 2.20. The molecule has 0 aromatic heterocycles. The van der Waals surface area contributed by atoms with Gasteiger partial charge in [0, 0.05) is 11.1 Å². The molecule has 0 spiro atoms. The van der Waals surface area contributed by atoms with Crippen LogP contribution in [0.2, 0.25) is 5.02 Å². The van der Waals surface area contributed by atoms with Gasteiger partial charge in [-0.2, -0.15) is 5.26 Å². The van der Waals surface area contributed by atoms with Gasteiger partial charge in [0.1, 0.15) is 24.8 Å². The molecule has 1 aromatic carbocycles. The zero-order valence-electron chi connectivity index (χ0n) is 7.63. The zero-order valence-corrected chi connectivity index (χ0v) is 8.39. The Morgan fingerprint density at radius 3 is 2.86 bits per heavy atom. The summed E-state index contributed by atoms with van der Waals surface area (Å²) in [6.07, 6.45) is 0. The summed E-state index contributed by atoms with van der Waals surface area (Å²) in [4.78, 5) is 0. The molecule has 0 saturated carbocycles. The van der Waals surface area contributed by atoms with Crippen molar-refractivity contribution in [3.63, 3.8) is 0 Å². The second-order valence-electron chi connectivity index (χ2n) is 2.99. The van der Waals surface area contributed by atoms with Crippen molar-refractivity contribution in [1.29, 1.82) is 5.26 Å². The van der Waals surface area contributed by atoms with Crippen molar-refractivity contribution < 1.29 is 9.47 Å². The lowest BCUT2D eigenvalue weighted by molar-refractivity contribution is 0.171. The van der Waals surface area contributed by atoms with E-state index in [9.17, 15) is 0 Å². The van der Waals surface area contributed by atoms with E-state index in [1.165, 1.54) is 0 Å². The number of ether oxygens (including phenoxy) is 2. The lowest BCUT2D eigenvalue weighted by atomic mass is 10.1. The van der Waals surface area contributed by atoms with E-state index in [-0.39, 0.29) is 0 Å². The summed E-state index contributed by atoms with van der Waals surface area (Å²) >= 11 is 5.94. The Kier molecular flexibility index (Phi) is 2.22. The minimum absolute atomic E-state index is 0.465. The van der Waals surface area contributed by atoms with Gasteiger partial charge in [0.25, 0.3) is 0 Å². The summed E-state index contributed by atoms with van der Waals surface area (Å²) in [6.45, 7) is 2.76. The Balaban J connectivity index is 2.67. The molecule has 0 aliphatic carbocycles. The van der Waals surface area contributed by atoms with Crippen LogP contribution in [0.15, 0.2) is 6.07 Å². The number of hydrogen-bond acceptors (Lipinski definition) is 3. The van der Waals surface area contributed by atoms with E-state index >= 15 is 0 Å². The standard InChI is InChI=1S/C10H8ClNO2/c1-6-7(5-12)10-9(4-8(6)11)13-2-3-14-10/h4H,2-3H2,1H3. The number of fused-ring (bicyclic) bond motifs is 1. The van der Waals surface area contributed by atoms with Crippen LogP contribution in [0.4, 0.5) is 0 Å². The molecule has 1 aliphatic heterocycles. The van der Waals surface area contributed by atoms with Gasteiger partial charge < -0.3 is 9.47 Å². The normalized spacial score (nSPS) is 13.5. The van der Waals surface area contributed by atoms with Crippen LogP contribution in [0, 0.1) is 18.3 Å². The van der Waals surface area contributed by atoms with E-state index < -0.39 is 0 Å². The molecule has 0 unspecified atom stereocenters. The maximum atomic E-state index is 8.95. The Morgan fingerprint density at radius 2 is 2.14 bits per heavy atom. The van der Waals surface area contributed by atoms with Crippen molar-refractivity contribution in [2.45, 2.75) is 6.92 Å². The van der Waals surface area contributed by atoms with Gasteiger partial charge >= 0.3 is 0 Å². The first-order valence-electron chi connectivity index (χ1n) is 4.23.